The van der Waals surface area contributed by atoms with Crippen LogP contribution in [0.15, 0.2) is 0 Å². The van der Waals surface area contributed by atoms with E-state index in [4.69, 9.17) is 33.2 Å². The van der Waals surface area contributed by atoms with Gasteiger partial charge in [-0.05, 0) is 19.3 Å². The molecule has 250 valence electrons. The summed E-state index contributed by atoms with van der Waals surface area (Å²) in [6, 6.07) is 0. The number of carbonyl (C=O) groups excluding carboxylic acids is 3. The second kappa shape index (κ2) is 29.0. The number of hydrogen-bond acceptors (Lipinski definition) is 14. The van der Waals surface area contributed by atoms with Gasteiger partial charge in [0, 0.05) is 47.4 Å². The molecule has 0 saturated heterocycles. The Hall–Kier alpha value is -2.08. The molecule has 17 nitrogen and oxygen atoms in total. The minimum Gasteiger partial charge on any atom is -0.756 e. The van der Waals surface area contributed by atoms with Crippen LogP contribution in [0.4, 0.5) is 9.59 Å². The van der Waals surface area contributed by atoms with Crippen LogP contribution in [0, 0.1) is 0 Å². The van der Waals surface area contributed by atoms with Crippen molar-refractivity contribution in [3.63, 3.8) is 0 Å². The van der Waals surface area contributed by atoms with Crippen LogP contribution in [0.3, 0.4) is 0 Å². The molecule has 18 heteroatoms. The summed E-state index contributed by atoms with van der Waals surface area (Å²) >= 11 is 0. The Bertz CT molecular complexity index is 735. The topological polar surface area (TPSA) is 210 Å². The average Bonchev–Trinajstić information content (AvgIpc) is 2.95. The third-order valence-corrected chi connectivity index (χ3v) is 5.71. The van der Waals surface area contributed by atoms with Crippen molar-refractivity contribution in [2.75, 3.05) is 101 Å². The van der Waals surface area contributed by atoms with E-state index in [1.165, 1.54) is 7.11 Å². The number of ether oxygens (including phenoxy) is 7. The smallest absolute Gasteiger partial charge is 0.409 e. The largest absolute Gasteiger partial charge is 0.756 e. The summed E-state index contributed by atoms with van der Waals surface area (Å²) in [7, 11) is -0.147. The second-order valence-corrected chi connectivity index (χ2v) is 9.59. The van der Waals surface area contributed by atoms with E-state index < -0.39 is 26.1 Å². The van der Waals surface area contributed by atoms with Crippen molar-refractivity contribution < 1.29 is 66.0 Å². The minimum absolute atomic E-state index is 0. The van der Waals surface area contributed by atoms with E-state index in [2.05, 4.69) is 25.0 Å². The summed E-state index contributed by atoms with van der Waals surface area (Å²) in [6.07, 6.45) is -0.790. The van der Waals surface area contributed by atoms with Crippen LogP contribution in [0.2, 0.25) is 0 Å². The van der Waals surface area contributed by atoms with Gasteiger partial charge in [0.15, 0.2) is 0 Å². The van der Waals surface area contributed by atoms with Gasteiger partial charge in [0.25, 0.3) is 7.82 Å². The quantitative estimate of drug-likeness (QED) is 0.0640. The number of hydrogen-bond donors (Lipinski definition) is 3. The molecule has 0 aliphatic heterocycles. The summed E-state index contributed by atoms with van der Waals surface area (Å²) < 4.78 is 55.8. The Balaban J connectivity index is 0. The number of methoxy groups -OCH3 is 2. The molecule has 0 aromatic carbocycles. The van der Waals surface area contributed by atoms with E-state index in [-0.39, 0.29) is 66.1 Å². The number of alkyl carbamates (subject to hydrolysis) is 2. The molecule has 0 heterocycles. The lowest BCUT2D eigenvalue weighted by Gasteiger charge is -2.19. The first-order chi connectivity index (χ1) is 19.7. The fourth-order valence-electron chi connectivity index (χ4n) is 2.63. The molecule has 0 spiro atoms. The number of amides is 3. The van der Waals surface area contributed by atoms with Crippen molar-refractivity contribution in [2.45, 2.75) is 39.2 Å². The lowest BCUT2D eigenvalue weighted by molar-refractivity contribution is -0.223. The van der Waals surface area contributed by atoms with Gasteiger partial charge in [0.2, 0.25) is 5.91 Å². The van der Waals surface area contributed by atoms with Gasteiger partial charge in [-0.15, -0.1) is 0 Å². The molecule has 0 aromatic heterocycles. The Labute approximate surface area is 248 Å². The molecule has 2 unspecified atom stereocenters. The Morgan fingerprint density at radius 2 is 1.38 bits per heavy atom. The highest BCUT2D eigenvalue weighted by Gasteiger charge is 2.16. The van der Waals surface area contributed by atoms with Crippen LogP contribution in [-0.4, -0.2) is 125 Å². The molecular weight excluding hydrogens is 585 g/mol. The predicted octanol–water partition coefficient (Wildman–Crippen LogP) is 0.552. The minimum atomic E-state index is -4.24. The Morgan fingerprint density at radius 3 is 2.02 bits per heavy atom. The Kier molecular flexibility index (Phi) is 29.0. The molecule has 0 aliphatic rings. The van der Waals surface area contributed by atoms with E-state index in [0.29, 0.717) is 52.2 Å². The SMILES string of the molecule is C.COCCOCCNC(=O)OCC(COC(=O)NCOCCOC)OCCCC(=O)NCCCCOP(=O)([O-])OC. The summed E-state index contributed by atoms with van der Waals surface area (Å²) in [4.78, 5) is 46.9. The van der Waals surface area contributed by atoms with Crippen molar-refractivity contribution in [3.8, 4) is 0 Å². The molecule has 2 atom stereocenters. The fraction of sp³-hybridized carbons (Fsp3) is 0.875. The molecular formula is C24H49N3O14P-. The first-order valence-corrected chi connectivity index (χ1v) is 14.5. The van der Waals surface area contributed by atoms with Gasteiger partial charge < -0.3 is 57.7 Å². The zero-order valence-corrected chi connectivity index (χ0v) is 24.9. The van der Waals surface area contributed by atoms with Crippen LogP contribution < -0.4 is 20.8 Å². The maximum Gasteiger partial charge on any atom is 0.409 e. The van der Waals surface area contributed by atoms with Crippen molar-refractivity contribution >= 4 is 25.9 Å². The van der Waals surface area contributed by atoms with Gasteiger partial charge >= 0.3 is 12.2 Å². The maximum atomic E-state index is 12.0. The van der Waals surface area contributed by atoms with Gasteiger partial charge in [0.05, 0.1) is 39.6 Å². The van der Waals surface area contributed by atoms with Crippen LogP contribution in [0.25, 0.3) is 0 Å². The van der Waals surface area contributed by atoms with Crippen molar-refractivity contribution in [2.24, 2.45) is 0 Å². The summed E-state index contributed by atoms with van der Waals surface area (Å²) in [5.74, 6) is -0.218. The second-order valence-electron chi connectivity index (χ2n) is 8.07. The lowest BCUT2D eigenvalue weighted by Crippen LogP contribution is -2.35. The fourth-order valence-corrected chi connectivity index (χ4v) is 3.09. The first kappa shape index (κ1) is 42.1. The summed E-state index contributed by atoms with van der Waals surface area (Å²) in [5.41, 5.74) is 0. The van der Waals surface area contributed by atoms with Crippen LogP contribution in [-0.2, 0) is 51.6 Å². The normalized spacial score (nSPS) is 12.9. The van der Waals surface area contributed by atoms with E-state index >= 15 is 0 Å². The lowest BCUT2D eigenvalue weighted by atomic mass is 10.3. The van der Waals surface area contributed by atoms with Crippen molar-refractivity contribution in [1.82, 2.24) is 16.0 Å². The molecule has 0 bridgehead atoms. The van der Waals surface area contributed by atoms with Gasteiger partial charge in [-0.1, -0.05) is 7.43 Å². The molecule has 42 heavy (non-hydrogen) atoms. The number of rotatable bonds is 27. The standard InChI is InChI=1S/C23H46N3O14P.CH4/c1-32-13-15-35-12-9-25-22(28)38-17-20(18-39-23(29)26-19-36-16-14-33-2)37-10-6-7-21(27)24-8-4-5-11-40-41(30,31)34-3;/h20H,4-19H2,1-3H3,(H,24,27)(H,25,28)(H,26,29)(H,30,31);1H4/p-1. The van der Waals surface area contributed by atoms with Gasteiger partial charge in [0.1, 0.15) is 26.0 Å². The molecule has 0 radical (unpaired) electrons. The third-order valence-electron chi connectivity index (χ3n) is 4.77. The summed E-state index contributed by atoms with van der Waals surface area (Å²) in [6.45, 7) is 1.95. The zero-order valence-electron chi connectivity index (χ0n) is 24.1. The van der Waals surface area contributed by atoms with Gasteiger partial charge in [-0.25, -0.2) is 9.59 Å². The van der Waals surface area contributed by atoms with E-state index in [1.807, 2.05) is 0 Å². The van der Waals surface area contributed by atoms with Crippen LogP contribution in [0.1, 0.15) is 33.1 Å². The highest BCUT2D eigenvalue weighted by Crippen LogP contribution is 2.36. The number of carbonyl (C=O) groups is 3. The number of nitrogens with one attached hydrogen (secondary N) is 3. The maximum absolute atomic E-state index is 12.0. The number of unbranched alkanes of at least 4 members (excludes halogenated alkanes) is 1. The van der Waals surface area contributed by atoms with Gasteiger partial charge in [-0.2, -0.15) is 0 Å². The molecule has 0 rings (SSSR count). The molecule has 3 amide bonds. The first-order valence-electron chi connectivity index (χ1n) is 13.1. The van der Waals surface area contributed by atoms with Gasteiger partial charge in [-0.3, -0.25) is 14.7 Å². The van der Waals surface area contributed by atoms with E-state index in [0.717, 1.165) is 7.11 Å². The van der Waals surface area contributed by atoms with Crippen molar-refractivity contribution in [1.29, 1.82) is 0 Å². The van der Waals surface area contributed by atoms with Crippen LogP contribution >= 0.6 is 7.82 Å². The third kappa shape index (κ3) is 28.1. The van der Waals surface area contributed by atoms with E-state index in [9.17, 15) is 23.8 Å². The highest BCUT2D eigenvalue weighted by molar-refractivity contribution is 7.45. The predicted molar refractivity (Wildman–Crippen MR) is 148 cm³/mol. The van der Waals surface area contributed by atoms with Crippen molar-refractivity contribution in [3.05, 3.63) is 0 Å². The number of phosphoric acid groups is 1. The van der Waals surface area contributed by atoms with E-state index in [1.54, 1.807) is 7.11 Å². The monoisotopic (exact) mass is 634 g/mol. The molecule has 0 aliphatic carbocycles. The number of phosphoric ester groups is 1. The molecule has 0 saturated carbocycles. The molecule has 3 N–H and O–H groups in total. The van der Waals surface area contributed by atoms with Crippen LogP contribution in [0.5, 0.6) is 0 Å². The highest BCUT2D eigenvalue weighted by atomic mass is 31.2. The average molecular weight is 635 g/mol. The summed E-state index contributed by atoms with van der Waals surface area (Å²) in [5, 5.41) is 7.63. The molecule has 0 fully saturated rings. The zero-order chi connectivity index (χ0) is 30.6. The Morgan fingerprint density at radius 1 is 0.738 bits per heavy atom. The molecule has 0 aromatic rings.